The van der Waals surface area contributed by atoms with Crippen LogP contribution in [0.15, 0.2) is 24.3 Å². The molecule has 1 aliphatic heterocycles. The van der Waals surface area contributed by atoms with Gasteiger partial charge in [0.2, 0.25) is 0 Å². The number of hydrogen-bond donors (Lipinski definition) is 1. The quantitative estimate of drug-likeness (QED) is 0.755. The number of carbonyl (C=O) groups is 1. The van der Waals surface area contributed by atoms with Crippen LogP contribution < -0.4 is 5.32 Å². The number of rotatable bonds is 2. The van der Waals surface area contributed by atoms with Crippen molar-refractivity contribution < 1.29 is 9.18 Å². The SMILES string of the molecule is CN1CCNC(C(=O)c2cccc(F)c2)C1. The van der Waals surface area contributed by atoms with Crippen LogP contribution in [0.5, 0.6) is 0 Å². The van der Waals surface area contributed by atoms with E-state index in [9.17, 15) is 9.18 Å². The zero-order valence-corrected chi connectivity index (χ0v) is 9.24. The third-order valence-corrected chi connectivity index (χ3v) is 2.80. The number of hydrogen-bond acceptors (Lipinski definition) is 3. The normalized spacial score (nSPS) is 22.0. The van der Waals surface area contributed by atoms with Crippen molar-refractivity contribution in [3.63, 3.8) is 0 Å². The van der Waals surface area contributed by atoms with Crippen LogP contribution >= 0.6 is 0 Å². The van der Waals surface area contributed by atoms with Crippen LogP contribution in [-0.2, 0) is 0 Å². The second kappa shape index (κ2) is 4.72. The first-order valence-corrected chi connectivity index (χ1v) is 5.38. The summed E-state index contributed by atoms with van der Waals surface area (Å²) >= 11 is 0. The fraction of sp³-hybridized carbons (Fsp3) is 0.417. The molecular weight excluding hydrogens is 207 g/mol. The Hall–Kier alpha value is -1.26. The Morgan fingerprint density at radius 3 is 3.06 bits per heavy atom. The van der Waals surface area contributed by atoms with Crippen LogP contribution in [-0.4, -0.2) is 43.4 Å². The molecule has 16 heavy (non-hydrogen) atoms. The van der Waals surface area contributed by atoms with Gasteiger partial charge in [-0.2, -0.15) is 0 Å². The van der Waals surface area contributed by atoms with Gasteiger partial charge in [0.1, 0.15) is 5.82 Å². The summed E-state index contributed by atoms with van der Waals surface area (Å²) in [5.74, 6) is -0.402. The molecule has 1 atom stereocenters. The molecule has 0 aromatic heterocycles. The van der Waals surface area contributed by atoms with Crippen LogP contribution in [0.1, 0.15) is 10.4 Å². The summed E-state index contributed by atoms with van der Waals surface area (Å²) in [4.78, 5) is 14.1. The molecule has 1 unspecified atom stereocenters. The Morgan fingerprint density at radius 2 is 2.38 bits per heavy atom. The summed E-state index contributed by atoms with van der Waals surface area (Å²) in [6, 6.07) is 5.63. The summed E-state index contributed by atoms with van der Waals surface area (Å²) < 4.78 is 13.0. The minimum Gasteiger partial charge on any atom is -0.305 e. The lowest BCUT2D eigenvalue weighted by molar-refractivity contribution is 0.0894. The highest BCUT2D eigenvalue weighted by Gasteiger charge is 2.24. The lowest BCUT2D eigenvalue weighted by atomic mass is 10.0. The van der Waals surface area contributed by atoms with Gasteiger partial charge >= 0.3 is 0 Å². The lowest BCUT2D eigenvalue weighted by Gasteiger charge is -2.29. The zero-order chi connectivity index (χ0) is 11.5. The minimum atomic E-state index is -0.366. The van der Waals surface area contributed by atoms with Gasteiger partial charge in [0, 0.05) is 25.2 Å². The number of halogens is 1. The number of nitrogens with zero attached hydrogens (tertiary/aromatic N) is 1. The van der Waals surface area contributed by atoms with Gasteiger partial charge < -0.3 is 10.2 Å². The maximum atomic E-state index is 13.0. The smallest absolute Gasteiger partial charge is 0.181 e. The Balaban J connectivity index is 2.12. The van der Waals surface area contributed by atoms with E-state index in [-0.39, 0.29) is 17.6 Å². The number of nitrogens with one attached hydrogen (secondary N) is 1. The van der Waals surface area contributed by atoms with Gasteiger partial charge in [-0.15, -0.1) is 0 Å². The number of benzene rings is 1. The third-order valence-electron chi connectivity index (χ3n) is 2.80. The van der Waals surface area contributed by atoms with Crippen molar-refractivity contribution in [3.8, 4) is 0 Å². The number of piperazine rings is 1. The minimum absolute atomic E-state index is 0.0361. The molecule has 0 aliphatic carbocycles. The van der Waals surface area contributed by atoms with E-state index in [1.54, 1.807) is 12.1 Å². The summed E-state index contributed by atoms with van der Waals surface area (Å²) in [6.07, 6.45) is 0. The molecule has 0 bridgehead atoms. The molecule has 1 aromatic carbocycles. The molecule has 2 rings (SSSR count). The second-order valence-electron chi connectivity index (χ2n) is 4.14. The van der Waals surface area contributed by atoms with Gasteiger partial charge in [0.05, 0.1) is 6.04 Å². The maximum absolute atomic E-state index is 13.0. The van der Waals surface area contributed by atoms with E-state index in [0.29, 0.717) is 12.1 Å². The topological polar surface area (TPSA) is 32.3 Å². The van der Waals surface area contributed by atoms with Crippen LogP contribution in [0.4, 0.5) is 4.39 Å². The van der Waals surface area contributed by atoms with E-state index in [4.69, 9.17) is 0 Å². The van der Waals surface area contributed by atoms with Crippen molar-refractivity contribution >= 4 is 5.78 Å². The summed E-state index contributed by atoms with van der Waals surface area (Å²) in [5.41, 5.74) is 0.438. The van der Waals surface area contributed by atoms with E-state index in [1.165, 1.54) is 12.1 Å². The molecule has 4 heteroatoms. The maximum Gasteiger partial charge on any atom is 0.181 e. The highest BCUT2D eigenvalue weighted by atomic mass is 19.1. The van der Waals surface area contributed by atoms with E-state index >= 15 is 0 Å². The molecule has 1 fully saturated rings. The lowest BCUT2D eigenvalue weighted by Crippen LogP contribution is -2.52. The van der Waals surface area contributed by atoms with Crippen molar-refractivity contribution in [2.24, 2.45) is 0 Å². The summed E-state index contributed by atoms with van der Waals surface area (Å²) in [5, 5.41) is 3.15. The number of Topliss-reactive ketones (excluding diaryl/α,β-unsaturated/α-hetero) is 1. The fourth-order valence-corrected chi connectivity index (χ4v) is 1.92. The molecule has 1 aromatic rings. The van der Waals surface area contributed by atoms with Gasteiger partial charge in [0.25, 0.3) is 0 Å². The third kappa shape index (κ3) is 2.46. The largest absolute Gasteiger partial charge is 0.305 e. The van der Waals surface area contributed by atoms with Crippen LogP contribution in [0.2, 0.25) is 0 Å². The molecule has 1 heterocycles. The molecule has 3 nitrogen and oxygen atoms in total. The molecule has 1 aliphatic rings. The standard InChI is InChI=1S/C12H15FN2O/c1-15-6-5-14-11(8-15)12(16)9-3-2-4-10(13)7-9/h2-4,7,11,14H,5-6,8H2,1H3. The first-order valence-electron chi connectivity index (χ1n) is 5.38. The van der Waals surface area contributed by atoms with Gasteiger partial charge in [-0.3, -0.25) is 4.79 Å². The summed E-state index contributed by atoms with van der Waals surface area (Å²) in [6.45, 7) is 2.41. The monoisotopic (exact) mass is 222 g/mol. The van der Waals surface area contributed by atoms with Crippen molar-refractivity contribution in [1.82, 2.24) is 10.2 Å². The first kappa shape index (κ1) is 11.2. The fourth-order valence-electron chi connectivity index (χ4n) is 1.92. The average molecular weight is 222 g/mol. The predicted octanol–water partition coefficient (Wildman–Crippen LogP) is 0.912. The van der Waals surface area contributed by atoms with Gasteiger partial charge in [-0.25, -0.2) is 4.39 Å². The Labute approximate surface area is 94.3 Å². The van der Waals surface area contributed by atoms with Crippen LogP contribution in [0.25, 0.3) is 0 Å². The first-order chi connectivity index (χ1) is 7.66. The molecule has 0 radical (unpaired) electrons. The Bertz CT molecular complexity index is 394. The molecular formula is C12H15FN2O. The van der Waals surface area contributed by atoms with E-state index in [2.05, 4.69) is 10.2 Å². The predicted molar refractivity (Wildman–Crippen MR) is 60.0 cm³/mol. The number of carbonyl (C=O) groups excluding carboxylic acids is 1. The van der Waals surface area contributed by atoms with Gasteiger partial charge in [0.15, 0.2) is 5.78 Å². The van der Waals surface area contributed by atoms with E-state index in [1.807, 2.05) is 7.05 Å². The van der Waals surface area contributed by atoms with Gasteiger partial charge in [-0.1, -0.05) is 12.1 Å². The van der Waals surface area contributed by atoms with Crippen LogP contribution in [0.3, 0.4) is 0 Å². The summed E-state index contributed by atoms with van der Waals surface area (Å²) in [7, 11) is 1.98. The molecule has 1 N–H and O–H groups in total. The Kier molecular flexibility index (Phi) is 3.31. The zero-order valence-electron chi connectivity index (χ0n) is 9.24. The molecule has 1 saturated heterocycles. The van der Waals surface area contributed by atoms with Crippen LogP contribution in [0, 0.1) is 5.82 Å². The molecule has 86 valence electrons. The van der Waals surface area contributed by atoms with Crippen molar-refractivity contribution in [2.45, 2.75) is 6.04 Å². The van der Waals surface area contributed by atoms with Crippen molar-refractivity contribution in [3.05, 3.63) is 35.6 Å². The highest BCUT2D eigenvalue weighted by molar-refractivity contribution is 6.00. The molecule has 0 amide bonds. The Morgan fingerprint density at radius 1 is 1.56 bits per heavy atom. The average Bonchev–Trinajstić information content (AvgIpc) is 2.28. The highest BCUT2D eigenvalue weighted by Crippen LogP contribution is 2.09. The van der Waals surface area contributed by atoms with E-state index in [0.717, 1.165) is 13.1 Å². The number of ketones is 1. The molecule has 0 spiro atoms. The van der Waals surface area contributed by atoms with Crippen molar-refractivity contribution in [2.75, 3.05) is 26.7 Å². The van der Waals surface area contributed by atoms with Gasteiger partial charge in [-0.05, 0) is 19.2 Å². The van der Waals surface area contributed by atoms with Crippen molar-refractivity contribution in [1.29, 1.82) is 0 Å². The molecule has 0 saturated carbocycles. The second-order valence-corrected chi connectivity index (χ2v) is 4.14. The van der Waals surface area contributed by atoms with E-state index < -0.39 is 0 Å². The number of likely N-dealkylation sites (N-methyl/N-ethyl adjacent to an activating group) is 1.